The molecule has 0 heterocycles. The van der Waals surface area contributed by atoms with Gasteiger partial charge >= 0.3 is 0 Å². The van der Waals surface area contributed by atoms with Gasteiger partial charge in [0.05, 0.1) is 0 Å². The molecule has 1 atom stereocenters. The summed E-state index contributed by atoms with van der Waals surface area (Å²) in [5, 5.41) is 0. The average molecular weight is 298 g/mol. The minimum absolute atomic E-state index is 1.28. The maximum atomic E-state index is 8.57. The summed E-state index contributed by atoms with van der Waals surface area (Å²) in [4.78, 5) is 7.10. The van der Waals surface area contributed by atoms with Crippen molar-refractivity contribution in [1.29, 1.82) is 0 Å². The third kappa shape index (κ3) is 7.88. The van der Waals surface area contributed by atoms with E-state index in [4.69, 9.17) is 9.46 Å². The molecule has 0 aromatic heterocycles. The van der Waals surface area contributed by atoms with Crippen molar-refractivity contribution in [2.45, 2.75) is 0 Å². The van der Waals surface area contributed by atoms with Gasteiger partial charge in [-0.3, -0.25) is 4.57 Å². The Kier molecular flexibility index (Phi) is 9.38. The van der Waals surface area contributed by atoms with E-state index in [-0.39, 0.29) is 0 Å². The van der Waals surface area contributed by atoms with Crippen LogP contribution in [0.25, 0.3) is 11.1 Å². The van der Waals surface area contributed by atoms with Gasteiger partial charge < -0.3 is 4.89 Å². The van der Waals surface area contributed by atoms with Crippen LogP contribution < -0.4 is 0 Å². The second kappa shape index (κ2) is 11.7. The Labute approximate surface area is 127 Å². The molecule has 1 N–H and O–H groups in total. The SMILES string of the molecule is O=[PH2]O.c1ccc(-c2ccccc2)cc1.c1ccccc1. The molecule has 0 bridgehead atoms. The van der Waals surface area contributed by atoms with E-state index in [1.54, 1.807) is 0 Å². The van der Waals surface area contributed by atoms with E-state index in [9.17, 15) is 0 Å². The highest BCUT2D eigenvalue weighted by molar-refractivity contribution is 7.16. The first-order chi connectivity index (χ1) is 10.4. The summed E-state index contributed by atoms with van der Waals surface area (Å²) in [6, 6.07) is 32.8. The molecular weight excluding hydrogens is 279 g/mol. The van der Waals surface area contributed by atoms with Gasteiger partial charge in [0.1, 0.15) is 0 Å². The Bertz CT molecular complexity index is 519. The van der Waals surface area contributed by atoms with Gasteiger partial charge in [-0.1, -0.05) is 97.1 Å². The second-order valence-corrected chi connectivity index (χ2v) is 4.20. The van der Waals surface area contributed by atoms with Gasteiger partial charge in [0.15, 0.2) is 8.69 Å². The van der Waals surface area contributed by atoms with Gasteiger partial charge in [-0.05, 0) is 11.1 Å². The molecule has 0 aliphatic carbocycles. The fourth-order valence-corrected chi connectivity index (χ4v) is 1.65. The van der Waals surface area contributed by atoms with E-state index in [2.05, 4.69) is 48.5 Å². The van der Waals surface area contributed by atoms with Crippen LogP contribution in [-0.2, 0) is 4.57 Å². The monoisotopic (exact) mass is 298 g/mol. The zero-order valence-corrected chi connectivity index (χ0v) is 12.8. The molecule has 3 aromatic carbocycles. The largest absolute Gasteiger partial charge is 0.348 e. The van der Waals surface area contributed by atoms with Crippen LogP contribution in [0, 0.1) is 0 Å². The van der Waals surface area contributed by atoms with Crippen LogP contribution in [0.4, 0.5) is 0 Å². The predicted molar refractivity (Wildman–Crippen MR) is 90.9 cm³/mol. The lowest BCUT2D eigenvalue weighted by Gasteiger charge is -1.98. The van der Waals surface area contributed by atoms with Gasteiger partial charge in [0, 0.05) is 0 Å². The maximum absolute atomic E-state index is 8.57. The fourth-order valence-electron chi connectivity index (χ4n) is 1.65. The molecule has 0 aliphatic rings. The molecule has 3 heteroatoms. The van der Waals surface area contributed by atoms with Gasteiger partial charge in [-0.2, -0.15) is 0 Å². The fraction of sp³-hybridized carbons (Fsp3) is 0. The predicted octanol–water partition coefficient (Wildman–Crippen LogP) is 4.69. The number of hydrogen-bond donors (Lipinski definition) is 1. The summed E-state index contributed by atoms with van der Waals surface area (Å²) in [5.41, 5.74) is 2.55. The van der Waals surface area contributed by atoms with E-state index < -0.39 is 8.69 Å². The second-order valence-electron chi connectivity index (χ2n) is 3.99. The number of hydrogen-bond acceptors (Lipinski definition) is 1. The highest BCUT2D eigenvalue weighted by Gasteiger charge is 1.91. The Morgan fingerprint density at radius 1 is 0.524 bits per heavy atom. The van der Waals surface area contributed by atoms with E-state index in [0.717, 1.165) is 0 Å². The van der Waals surface area contributed by atoms with E-state index in [0.29, 0.717) is 0 Å². The standard InChI is InChI=1S/C12H10.C6H6.H3O2P/c1-3-7-11(8-4-1)12-9-5-2-6-10-12;1-2-4-6-5-3-1;1-3-2/h1-10H;1-6H;3H2,(H,1,2). The molecule has 0 saturated carbocycles. The molecule has 3 rings (SSSR count). The van der Waals surface area contributed by atoms with Crippen molar-refractivity contribution in [1.82, 2.24) is 0 Å². The average Bonchev–Trinajstić information content (AvgIpc) is 2.59. The Balaban J connectivity index is 0.000000205. The molecule has 0 amide bonds. The van der Waals surface area contributed by atoms with Crippen molar-refractivity contribution in [3.8, 4) is 11.1 Å². The molecule has 0 aliphatic heterocycles. The van der Waals surface area contributed by atoms with Gasteiger partial charge in [-0.15, -0.1) is 0 Å². The van der Waals surface area contributed by atoms with Crippen molar-refractivity contribution in [3.05, 3.63) is 97.1 Å². The molecule has 108 valence electrons. The van der Waals surface area contributed by atoms with Crippen molar-refractivity contribution in [3.63, 3.8) is 0 Å². The van der Waals surface area contributed by atoms with E-state index in [1.807, 2.05) is 48.5 Å². The van der Waals surface area contributed by atoms with E-state index >= 15 is 0 Å². The first-order valence-corrected chi connectivity index (χ1v) is 7.55. The summed E-state index contributed by atoms with van der Waals surface area (Å²) < 4.78 is 8.57. The van der Waals surface area contributed by atoms with Crippen LogP contribution in [0.3, 0.4) is 0 Å². The number of rotatable bonds is 1. The number of benzene rings is 3. The Morgan fingerprint density at radius 3 is 0.952 bits per heavy atom. The normalized spacial score (nSPS) is 9.19. The highest BCUT2D eigenvalue weighted by atomic mass is 31.1. The van der Waals surface area contributed by atoms with Gasteiger partial charge in [0.25, 0.3) is 0 Å². The molecular formula is C18H19O2P. The molecule has 0 radical (unpaired) electrons. The topological polar surface area (TPSA) is 37.3 Å². The lowest BCUT2D eigenvalue weighted by molar-refractivity contribution is 0.524. The molecule has 1 unspecified atom stereocenters. The summed E-state index contributed by atoms with van der Waals surface area (Å²) in [5.74, 6) is 0. The van der Waals surface area contributed by atoms with Gasteiger partial charge in [0.2, 0.25) is 0 Å². The Morgan fingerprint density at radius 2 is 0.714 bits per heavy atom. The third-order valence-corrected chi connectivity index (χ3v) is 2.55. The van der Waals surface area contributed by atoms with Crippen molar-refractivity contribution in [2.24, 2.45) is 0 Å². The lowest BCUT2D eigenvalue weighted by Crippen LogP contribution is -1.73. The van der Waals surface area contributed by atoms with Crippen LogP contribution in [0.2, 0.25) is 0 Å². The van der Waals surface area contributed by atoms with Crippen LogP contribution in [0.5, 0.6) is 0 Å². The zero-order chi connectivity index (χ0) is 15.2. The molecule has 2 nitrogen and oxygen atoms in total. The smallest absolute Gasteiger partial charge is 0.177 e. The van der Waals surface area contributed by atoms with Crippen LogP contribution in [-0.4, -0.2) is 4.89 Å². The summed E-state index contributed by atoms with van der Waals surface area (Å²) in [7, 11) is -1.50. The Hall–Kier alpha value is -2.15. The first-order valence-electron chi connectivity index (χ1n) is 6.57. The molecule has 0 spiro atoms. The molecule has 0 fully saturated rings. The third-order valence-electron chi connectivity index (χ3n) is 2.55. The quantitative estimate of drug-likeness (QED) is 0.662. The molecule has 21 heavy (non-hydrogen) atoms. The lowest BCUT2D eigenvalue weighted by atomic mass is 10.1. The minimum atomic E-state index is -1.50. The first kappa shape index (κ1) is 16.9. The summed E-state index contributed by atoms with van der Waals surface area (Å²) in [6.45, 7) is 0. The summed E-state index contributed by atoms with van der Waals surface area (Å²) in [6.07, 6.45) is 0. The van der Waals surface area contributed by atoms with Crippen LogP contribution >= 0.6 is 8.69 Å². The maximum Gasteiger partial charge on any atom is 0.177 e. The summed E-state index contributed by atoms with van der Waals surface area (Å²) >= 11 is 0. The van der Waals surface area contributed by atoms with Crippen LogP contribution in [0.1, 0.15) is 0 Å². The highest BCUT2D eigenvalue weighted by Crippen LogP contribution is 2.17. The molecule has 3 aromatic rings. The van der Waals surface area contributed by atoms with Crippen molar-refractivity contribution in [2.75, 3.05) is 0 Å². The minimum Gasteiger partial charge on any atom is -0.348 e. The molecule has 0 saturated heterocycles. The van der Waals surface area contributed by atoms with Gasteiger partial charge in [-0.25, -0.2) is 0 Å². The van der Waals surface area contributed by atoms with Crippen molar-refractivity contribution < 1.29 is 9.46 Å². The van der Waals surface area contributed by atoms with E-state index in [1.165, 1.54) is 11.1 Å². The van der Waals surface area contributed by atoms with Crippen molar-refractivity contribution >= 4 is 8.69 Å². The zero-order valence-electron chi connectivity index (χ0n) is 11.7. The van der Waals surface area contributed by atoms with Crippen LogP contribution in [0.15, 0.2) is 97.1 Å².